The maximum Gasteiger partial charge on any atom is 0.223 e. The molecule has 1 N–H and O–H groups in total. The first-order valence-electron chi connectivity index (χ1n) is 10.2. The minimum absolute atomic E-state index is 0.0859. The largest absolute Gasteiger partial charge is 0.374 e. The standard InChI is InChI=1S/C22H31N3O2S/c1-17(19-7-4-3-5-8-19)27-14-6-11-23-22(26)20-9-12-25(13-10-20)15-21-16-28-18(2)24-21/h3-5,7-8,16-17,20H,6,9-15H2,1-2H3,(H,23,26). The van der Waals surface area contributed by atoms with Crippen molar-refractivity contribution < 1.29 is 9.53 Å². The van der Waals surface area contributed by atoms with Gasteiger partial charge in [0.1, 0.15) is 0 Å². The van der Waals surface area contributed by atoms with E-state index >= 15 is 0 Å². The van der Waals surface area contributed by atoms with Crippen LogP contribution >= 0.6 is 11.3 Å². The quantitative estimate of drug-likeness (QED) is 0.647. The lowest BCUT2D eigenvalue weighted by Gasteiger charge is -2.30. The summed E-state index contributed by atoms with van der Waals surface area (Å²) in [5, 5.41) is 6.34. The Morgan fingerprint density at radius 1 is 1.32 bits per heavy atom. The number of aryl methyl sites for hydroxylation is 1. The van der Waals surface area contributed by atoms with Gasteiger partial charge in [-0.05, 0) is 51.8 Å². The van der Waals surface area contributed by atoms with E-state index in [1.54, 1.807) is 11.3 Å². The molecule has 2 aromatic rings. The molecule has 5 nitrogen and oxygen atoms in total. The van der Waals surface area contributed by atoms with Gasteiger partial charge >= 0.3 is 0 Å². The summed E-state index contributed by atoms with van der Waals surface area (Å²) >= 11 is 1.70. The zero-order valence-electron chi connectivity index (χ0n) is 16.9. The van der Waals surface area contributed by atoms with Crippen molar-refractivity contribution in [2.45, 2.75) is 45.8 Å². The van der Waals surface area contributed by atoms with Gasteiger partial charge in [0.2, 0.25) is 5.91 Å². The SMILES string of the molecule is Cc1nc(CN2CCC(C(=O)NCCCOC(C)c3ccccc3)CC2)cs1. The molecule has 28 heavy (non-hydrogen) atoms. The van der Waals surface area contributed by atoms with E-state index in [0.29, 0.717) is 13.2 Å². The van der Waals surface area contributed by atoms with Gasteiger partial charge in [0, 0.05) is 31.0 Å². The third-order valence-electron chi connectivity index (χ3n) is 5.27. The fourth-order valence-electron chi connectivity index (χ4n) is 3.57. The van der Waals surface area contributed by atoms with Crippen LogP contribution in [0.2, 0.25) is 0 Å². The highest BCUT2D eigenvalue weighted by Gasteiger charge is 2.25. The summed E-state index contributed by atoms with van der Waals surface area (Å²) in [5.41, 5.74) is 2.33. The van der Waals surface area contributed by atoms with Crippen molar-refractivity contribution in [1.29, 1.82) is 0 Å². The van der Waals surface area contributed by atoms with Crippen LogP contribution in [0.5, 0.6) is 0 Å². The second-order valence-electron chi connectivity index (χ2n) is 7.48. The van der Waals surface area contributed by atoms with E-state index < -0.39 is 0 Å². The van der Waals surface area contributed by atoms with Crippen LogP contribution in [0.4, 0.5) is 0 Å². The van der Waals surface area contributed by atoms with E-state index in [9.17, 15) is 4.79 Å². The summed E-state index contributed by atoms with van der Waals surface area (Å²) in [6, 6.07) is 10.2. The third-order valence-corrected chi connectivity index (χ3v) is 6.09. The number of piperidine rings is 1. The zero-order chi connectivity index (χ0) is 19.8. The number of benzene rings is 1. The highest BCUT2D eigenvalue weighted by Crippen LogP contribution is 2.20. The van der Waals surface area contributed by atoms with Crippen molar-refractivity contribution in [2.75, 3.05) is 26.2 Å². The average Bonchev–Trinajstić information content (AvgIpc) is 3.13. The third kappa shape index (κ3) is 6.40. The molecular formula is C22H31N3O2S. The number of nitrogens with one attached hydrogen (secondary N) is 1. The summed E-state index contributed by atoms with van der Waals surface area (Å²) in [4.78, 5) is 19.3. The molecule has 0 spiro atoms. The van der Waals surface area contributed by atoms with Crippen molar-refractivity contribution >= 4 is 17.2 Å². The van der Waals surface area contributed by atoms with Gasteiger partial charge in [0.25, 0.3) is 0 Å². The molecule has 1 saturated heterocycles. The zero-order valence-corrected chi connectivity index (χ0v) is 17.7. The molecule has 1 fully saturated rings. The van der Waals surface area contributed by atoms with Gasteiger partial charge in [-0.3, -0.25) is 9.69 Å². The summed E-state index contributed by atoms with van der Waals surface area (Å²) in [6.07, 6.45) is 2.78. The monoisotopic (exact) mass is 401 g/mol. The first-order valence-corrected chi connectivity index (χ1v) is 11.1. The Morgan fingerprint density at radius 2 is 2.07 bits per heavy atom. The molecule has 1 aromatic heterocycles. The summed E-state index contributed by atoms with van der Waals surface area (Å²) in [6.45, 7) is 8.27. The Kier molecular flexibility index (Phi) is 8.01. The topological polar surface area (TPSA) is 54.5 Å². The minimum atomic E-state index is 0.0859. The van der Waals surface area contributed by atoms with Crippen molar-refractivity contribution in [2.24, 2.45) is 5.92 Å². The van der Waals surface area contributed by atoms with Gasteiger partial charge in [0.15, 0.2) is 0 Å². The summed E-state index contributed by atoms with van der Waals surface area (Å²) < 4.78 is 5.86. The smallest absolute Gasteiger partial charge is 0.223 e. The Labute approximate surface area is 172 Å². The number of hydrogen-bond donors (Lipinski definition) is 1. The molecule has 0 radical (unpaired) electrons. The fourth-order valence-corrected chi connectivity index (χ4v) is 4.18. The molecule has 152 valence electrons. The van der Waals surface area contributed by atoms with E-state index in [4.69, 9.17) is 4.74 Å². The summed E-state index contributed by atoms with van der Waals surface area (Å²) in [5.74, 6) is 0.331. The number of rotatable bonds is 9. The lowest BCUT2D eigenvalue weighted by molar-refractivity contribution is -0.126. The molecule has 0 bridgehead atoms. The van der Waals surface area contributed by atoms with Crippen LogP contribution in [0.25, 0.3) is 0 Å². The van der Waals surface area contributed by atoms with E-state index in [2.05, 4.69) is 39.6 Å². The number of amides is 1. The molecule has 3 rings (SSSR count). The van der Waals surface area contributed by atoms with Gasteiger partial charge in [-0.2, -0.15) is 0 Å². The molecule has 1 amide bonds. The minimum Gasteiger partial charge on any atom is -0.374 e. The Balaban J connectivity index is 1.27. The normalized spacial score (nSPS) is 16.8. The number of nitrogens with zero attached hydrogens (tertiary/aromatic N) is 2. The number of carbonyl (C=O) groups is 1. The maximum atomic E-state index is 12.4. The van der Waals surface area contributed by atoms with E-state index in [1.807, 2.05) is 25.1 Å². The Morgan fingerprint density at radius 3 is 2.75 bits per heavy atom. The number of ether oxygens (including phenoxy) is 1. The second kappa shape index (κ2) is 10.7. The molecular weight excluding hydrogens is 370 g/mol. The van der Waals surface area contributed by atoms with Gasteiger partial charge < -0.3 is 10.1 Å². The molecule has 6 heteroatoms. The molecule has 0 aliphatic carbocycles. The lowest BCUT2D eigenvalue weighted by Crippen LogP contribution is -2.40. The number of carbonyl (C=O) groups excluding carboxylic acids is 1. The van der Waals surface area contributed by atoms with E-state index in [1.165, 1.54) is 5.56 Å². The predicted octanol–water partition coefficient (Wildman–Crippen LogP) is 3.95. The van der Waals surface area contributed by atoms with Crippen LogP contribution in [0.15, 0.2) is 35.7 Å². The van der Waals surface area contributed by atoms with Crippen molar-refractivity contribution in [3.8, 4) is 0 Å². The molecule has 1 aliphatic rings. The molecule has 2 heterocycles. The van der Waals surface area contributed by atoms with Crippen molar-refractivity contribution in [3.63, 3.8) is 0 Å². The van der Waals surface area contributed by atoms with Crippen LogP contribution in [-0.2, 0) is 16.1 Å². The van der Waals surface area contributed by atoms with E-state index in [0.717, 1.165) is 49.6 Å². The first kappa shape index (κ1) is 21.0. The number of thiazole rings is 1. The molecule has 1 unspecified atom stereocenters. The van der Waals surface area contributed by atoms with Crippen LogP contribution < -0.4 is 5.32 Å². The Bertz CT molecular complexity index is 726. The second-order valence-corrected chi connectivity index (χ2v) is 8.54. The van der Waals surface area contributed by atoms with Crippen LogP contribution in [0.3, 0.4) is 0 Å². The van der Waals surface area contributed by atoms with Crippen LogP contribution in [-0.4, -0.2) is 42.0 Å². The van der Waals surface area contributed by atoms with Crippen LogP contribution in [0.1, 0.15) is 48.6 Å². The number of aromatic nitrogens is 1. The van der Waals surface area contributed by atoms with Crippen molar-refractivity contribution in [1.82, 2.24) is 15.2 Å². The average molecular weight is 402 g/mol. The molecule has 1 aromatic carbocycles. The number of likely N-dealkylation sites (tertiary alicyclic amines) is 1. The summed E-state index contributed by atoms with van der Waals surface area (Å²) in [7, 11) is 0. The molecule has 0 saturated carbocycles. The molecule has 1 atom stereocenters. The Hall–Kier alpha value is -1.76. The van der Waals surface area contributed by atoms with Gasteiger partial charge in [-0.25, -0.2) is 4.98 Å². The highest BCUT2D eigenvalue weighted by molar-refractivity contribution is 7.09. The van der Waals surface area contributed by atoms with Gasteiger partial charge in [-0.15, -0.1) is 11.3 Å². The molecule has 1 aliphatic heterocycles. The number of hydrogen-bond acceptors (Lipinski definition) is 5. The lowest BCUT2D eigenvalue weighted by atomic mass is 9.96. The van der Waals surface area contributed by atoms with Gasteiger partial charge in [0.05, 0.1) is 16.8 Å². The first-order chi connectivity index (χ1) is 13.6. The van der Waals surface area contributed by atoms with Crippen LogP contribution in [0, 0.1) is 12.8 Å². The van der Waals surface area contributed by atoms with Crippen molar-refractivity contribution in [3.05, 3.63) is 52.0 Å². The highest BCUT2D eigenvalue weighted by atomic mass is 32.1. The predicted molar refractivity (Wildman–Crippen MR) is 113 cm³/mol. The van der Waals surface area contributed by atoms with E-state index in [-0.39, 0.29) is 17.9 Å². The fraction of sp³-hybridized carbons (Fsp3) is 0.545. The maximum absolute atomic E-state index is 12.4. The van der Waals surface area contributed by atoms with Gasteiger partial charge in [-0.1, -0.05) is 30.3 Å².